The zero-order valence-electron chi connectivity index (χ0n) is 8.58. The first-order valence-corrected chi connectivity index (χ1v) is 5.24. The van der Waals surface area contributed by atoms with E-state index in [1.54, 1.807) is 0 Å². The van der Waals surface area contributed by atoms with E-state index in [9.17, 15) is 0 Å². The molecule has 0 aromatic rings. The third-order valence-electron chi connectivity index (χ3n) is 3.30. The van der Waals surface area contributed by atoms with Crippen LogP contribution in [0.15, 0.2) is 0 Å². The van der Waals surface area contributed by atoms with Crippen LogP contribution in [0.4, 0.5) is 0 Å². The van der Waals surface area contributed by atoms with Crippen molar-refractivity contribution in [3.05, 3.63) is 0 Å². The molecular formula is C11H18N2. The first-order chi connectivity index (χ1) is 6.11. The minimum atomic E-state index is -0.165. The molecule has 0 N–H and O–H groups in total. The summed E-state index contributed by atoms with van der Waals surface area (Å²) in [4.78, 5) is 2.47. The molecule has 2 nitrogen and oxygen atoms in total. The Balaban J connectivity index is 1.85. The number of piperidine rings is 1. The summed E-state index contributed by atoms with van der Waals surface area (Å²) in [5.74, 6) is 2.02. The number of nitrogens with zero attached hydrogens (tertiary/aromatic N) is 2. The van der Waals surface area contributed by atoms with Gasteiger partial charge in [0.1, 0.15) is 0 Å². The topological polar surface area (TPSA) is 27.0 Å². The lowest BCUT2D eigenvalue weighted by Gasteiger charge is -2.30. The van der Waals surface area contributed by atoms with E-state index >= 15 is 0 Å². The molecule has 2 heteroatoms. The Kier molecular flexibility index (Phi) is 2.08. The number of nitriles is 1. The van der Waals surface area contributed by atoms with Crippen molar-refractivity contribution in [2.75, 3.05) is 19.6 Å². The van der Waals surface area contributed by atoms with Crippen molar-refractivity contribution in [2.24, 2.45) is 17.3 Å². The van der Waals surface area contributed by atoms with Crippen molar-refractivity contribution in [3.8, 4) is 6.07 Å². The van der Waals surface area contributed by atoms with Gasteiger partial charge < -0.3 is 4.90 Å². The quantitative estimate of drug-likeness (QED) is 0.645. The summed E-state index contributed by atoms with van der Waals surface area (Å²) < 4.78 is 0. The van der Waals surface area contributed by atoms with Gasteiger partial charge in [-0.15, -0.1) is 0 Å². The zero-order valence-corrected chi connectivity index (χ0v) is 8.58. The first kappa shape index (κ1) is 9.02. The number of rotatable bonds is 2. The Morgan fingerprint density at radius 2 is 2.23 bits per heavy atom. The van der Waals surface area contributed by atoms with Gasteiger partial charge in [0.2, 0.25) is 0 Å². The van der Waals surface area contributed by atoms with Gasteiger partial charge in [-0.25, -0.2) is 0 Å². The maximum atomic E-state index is 8.92. The molecule has 0 bridgehead atoms. The molecule has 2 aliphatic rings. The lowest BCUT2D eigenvalue weighted by molar-refractivity contribution is 0.175. The summed E-state index contributed by atoms with van der Waals surface area (Å²) in [6, 6.07) is 2.38. The van der Waals surface area contributed by atoms with Gasteiger partial charge in [0.25, 0.3) is 0 Å². The van der Waals surface area contributed by atoms with Gasteiger partial charge >= 0.3 is 0 Å². The van der Waals surface area contributed by atoms with Gasteiger partial charge in [0, 0.05) is 13.1 Å². The fraction of sp³-hybridized carbons (Fsp3) is 0.909. The highest BCUT2D eigenvalue weighted by Gasteiger charge is 2.42. The molecule has 2 fully saturated rings. The molecule has 13 heavy (non-hydrogen) atoms. The highest BCUT2D eigenvalue weighted by Crippen LogP contribution is 2.45. The van der Waals surface area contributed by atoms with Crippen LogP contribution in [-0.2, 0) is 0 Å². The molecule has 1 aliphatic heterocycles. The van der Waals surface area contributed by atoms with Gasteiger partial charge in [-0.1, -0.05) is 0 Å². The van der Waals surface area contributed by atoms with Crippen molar-refractivity contribution in [2.45, 2.75) is 26.7 Å². The maximum absolute atomic E-state index is 8.92. The molecule has 1 heterocycles. The third kappa shape index (κ3) is 2.03. The SMILES string of the molecule is CC(C)(C#N)CN1CCC2CC2C1. The lowest BCUT2D eigenvalue weighted by Crippen LogP contribution is -2.38. The molecule has 0 radical (unpaired) electrons. The lowest BCUT2D eigenvalue weighted by atomic mass is 9.94. The van der Waals surface area contributed by atoms with E-state index in [2.05, 4.69) is 11.0 Å². The largest absolute Gasteiger partial charge is 0.301 e. The van der Waals surface area contributed by atoms with Crippen molar-refractivity contribution in [1.82, 2.24) is 4.90 Å². The van der Waals surface area contributed by atoms with Crippen LogP contribution in [0.3, 0.4) is 0 Å². The second-order valence-corrected chi connectivity index (χ2v) is 5.28. The molecule has 0 aromatic carbocycles. The Hall–Kier alpha value is -0.550. The fourth-order valence-corrected chi connectivity index (χ4v) is 2.40. The van der Waals surface area contributed by atoms with Crippen molar-refractivity contribution >= 4 is 0 Å². The van der Waals surface area contributed by atoms with Crippen LogP contribution in [-0.4, -0.2) is 24.5 Å². The predicted molar refractivity (Wildman–Crippen MR) is 52.0 cm³/mol. The summed E-state index contributed by atoms with van der Waals surface area (Å²) in [6.45, 7) is 7.48. The standard InChI is InChI=1S/C11H18N2/c1-11(2,7-12)8-13-4-3-9-5-10(9)6-13/h9-10H,3-6,8H2,1-2H3. The van der Waals surface area contributed by atoms with Crippen molar-refractivity contribution in [3.63, 3.8) is 0 Å². The minimum absolute atomic E-state index is 0.165. The van der Waals surface area contributed by atoms with Gasteiger partial charge in [-0.2, -0.15) is 5.26 Å². The molecule has 2 unspecified atom stereocenters. The van der Waals surface area contributed by atoms with E-state index in [0.717, 1.165) is 18.4 Å². The molecular weight excluding hydrogens is 160 g/mol. The zero-order chi connectivity index (χ0) is 9.47. The molecule has 1 aliphatic carbocycles. The number of likely N-dealkylation sites (tertiary alicyclic amines) is 1. The molecule has 0 amide bonds. The summed E-state index contributed by atoms with van der Waals surface area (Å²) in [6.07, 6.45) is 2.82. The van der Waals surface area contributed by atoms with Crippen molar-refractivity contribution in [1.29, 1.82) is 5.26 Å². The highest BCUT2D eigenvalue weighted by molar-refractivity contribution is 4.98. The summed E-state index contributed by atoms with van der Waals surface area (Å²) in [7, 11) is 0. The van der Waals surface area contributed by atoms with E-state index < -0.39 is 0 Å². The van der Waals surface area contributed by atoms with E-state index in [0.29, 0.717) is 0 Å². The first-order valence-electron chi connectivity index (χ1n) is 5.24. The van der Waals surface area contributed by atoms with Crippen LogP contribution < -0.4 is 0 Å². The number of hydrogen-bond donors (Lipinski definition) is 0. The molecule has 0 aromatic heterocycles. The maximum Gasteiger partial charge on any atom is 0.0697 e. The second-order valence-electron chi connectivity index (χ2n) is 5.28. The van der Waals surface area contributed by atoms with E-state index in [1.807, 2.05) is 13.8 Å². The fourth-order valence-electron chi connectivity index (χ4n) is 2.40. The normalized spacial score (nSPS) is 33.6. The monoisotopic (exact) mass is 178 g/mol. The number of hydrogen-bond acceptors (Lipinski definition) is 2. The number of fused-ring (bicyclic) bond motifs is 1. The van der Waals surface area contributed by atoms with Crippen LogP contribution >= 0.6 is 0 Å². The summed E-state index contributed by atoms with van der Waals surface area (Å²) in [5, 5.41) is 8.92. The van der Waals surface area contributed by atoms with Crippen LogP contribution in [0, 0.1) is 28.6 Å². The van der Waals surface area contributed by atoms with E-state index in [4.69, 9.17) is 5.26 Å². The molecule has 0 spiro atoms. The van der Waals surface area contributed by atoms with Crippen molar-refractivity contribution < 1.29 is 0 Å². The van der Waals surface area contributed by atoms with Crippen LogP contribution in [0.25, 0.3) is 0 Å². The Morgan fingerprint density at radius 3 is 2.85 bits per heavy atom. The smallest absolute Gasteiger partial charge is 0.0697 e. The molecule has 72 valence electrons. The summed E-state index contributed by atoms with van der Waals surface area (Å²) in [5.41, 5.74) is -0.165. The van der Waals surface area contributed by atoms with Crippen LogP contribution in [0.2, 0.25) is 0 Å². The van der Waals surface area contributed by atoms with Gasteiger partial charge in [-0.05, 0) is 45.1 Å². The third-order valence-corrected chi connectivity index (χ3v) is 3.30. The Bertz CT molecular complexity index is 239. The van der Waals surface area contributed by atoms with Crippen LogP contribution in [0.1, 0.15) is 26.7 Å². The van der Waals surface area contributed by atoms with Gasteiger partial charge in [0.15, 0.2) is 0 Å². The molecule has 1 saturated carbocycles. The van der Waals surface area contributed by atoms with E-state index in [-0.39, 0.29) is 5.41 Å². The average molecular weight is 178 g/mol. The average Bonchev–Trinajstić information content (AvgIpc) is 2.81. The predicted octanol–water partition coefficient (Wildman–Crippen LogP) is 1.88. The Labute approximate surface area is 80.5 Å². The minimum Gasteiger partial charge on any atom is -0.301 e. The molecule has 2 rings (SSSR count). The van der Waals surface area contributed by atoms with Crippen LogP contribution in [0.5, 0.6) is 0 Å². The van der Waals surface area contributed by atoms with Gasteiger partial charge in [-0.3, -0.25) is 0 Å². The summed E-state index contributed by atoms with van der Waals surface area (Å²) >= 11 is 0. The highest BCUT2D eigenvalue weighted by atomic mass is 15.1. The Morgan fingerprint density at radius 1 is 1.46 bits per heavy atom. The van der Waals surface area contributed by atoms with Gasteiger partial charge in [0.05, 0.1) is 11.5 Å². The molecule has 1 saturated heterocycles. The van der Waals surface area contributed by atoms with E-state index in [1.165, 1.54) is 25.9 Å². The molecule has 2 atom stereocenters. The second kappa shape index (κ2) is 2.99.